The number of rotatable bonds is 2. The van der Waals surface area contributed by atoms with Gasteiger partial charge in [0.15, 0.2) is 12.1 Å². The summed E-state index contributed by atoms with van der Waals surface area (Å²) < 4.78 is 14.2. The van der Waals surface area contributed by atoms with E-state index in [1.54, 1.807) is 12.3 Å². The molecule has 7 heteroatoms. The molecule has 2 aliphatic rings. The summed E-state index contributed by atoms with van der Waals surface area (Å²) in [4.78, 5) is 10.1. The summed E-state index contributed by atoms with van der Waals surface area (Å²) in [6.07, 6.45) is 3.39. The van der Waals surface area contributed by atoms with Crippen LogP contribution in [0.4, 0.5) is 4.39 Å². The van der Waals surface area contributed by atoms with Crippen LogP contribution in [0.5, 0.6) is 0 Å². The lowest BCUT2D eigenvalue weighted by atomic mass is 9.96. The van der Waals surface area contributed by atoms with E-state index in [0.717, 1.165) is 31.4 Å². The molecule has 21 heavy (non-hydrogen) atoms. The zero-order valence-corrected chi connectivity index (χ0v) is 11.4. The molecule has 2 aliphatic heterocycles. The van der Waals surface area contributed by atoms with E-state index in [-0.39, 0.29) is 12.0 Å². The zero-order chi connectivity index (χ0) is 14.2. The molecule has 0 bridgehead atoms. The molecule has 6 nitrogen and oxygen atoms in total. The summed E-state index contributed by atoms with van der Waals surface area (Å²) >= 11 is 0. The van der Waals surface area contributed by atoms with E-state index in [1.807, 2.05) is 0 Å². The molecular formula is C14H16FN5O. The van der Waals surface area contributed by atoms with Crippen LogP contribution in [0.25, 0.3) is 10.9 Å². The van der Waals surface area contributed by atoms with Crippen molar-refractivity contribution in [2.75, 3.05) is 13.1 Å². The topological polar surface area (TPSA) is 74.3 Å². The van der Waals surface area contributed by atoms with Crippen molar-refractivity contribution in [3.63, 3.8) is 0 Å². The number of hydroxylamine groups is 1. The van der Waals surface area contributed by atoms with E-state index < -0.39 is 0 Å². The number of piperidine rings is 1. The number of aromatic nitrogens is 2. The Morgan fingerprint density at radius 3 is 2.95 bits per heavy atom. The molecule has 2 aromatic rings. The average Bonchev–Trinajstić information content (AvgIpc) is 3.17. The number of halogens is 1. The number of aliphatic imine (C=N–C) groups is 1. The predicted octanol–water partition coefficient (Wildman–Crippen LogP) is 1.31. The highest BCUT2D eigenvalue weighted by Crippen LogP contribution is 2.26. The maximum Gasteiger partial charge on any atom is 0.180 e. The Labute approximate surface area is 120 Å². The Morgan fingerprint density at radius 1 is 1.24 bits per heavy atom. The van der Waals surface area contributed by atoms with Crippen LogP contribution >= 0.6 is 0 Å². The first kappa shape index (κ1) is 12.7. The molecule has 0 saturated carbocycles. The first-order chi connectivity index (χ1) is 10.3. The Hall–Kier alpha value is -1.99. The van der Waals surface area contributed by atoms with Gasteiger partial charge in [-0.3, -0.25) is 5.10 Å². The SMILES string of the molecule is Fc1ccc2[nH]ncc2c1C1=NC(C2CCNCC2)ON1. The quantitative estimate of drug-likeness (QED) is 0.779. The molecule has 110 valence electrons. The summed E-state index contributed by atoms with van der Waals surface area (Å²) in [5.74, 6) is 0.482. The molecule has 4 rings (SSSR count). The Kier molecular flexibility index (Phi) is 3.08. The number of hydrogen-bond acceptors (Lipinski definition) is 5. The van der Waals surface area contributed by atoms with Crippen molar-refractivity contribution in [1.29, 1.82) is 0 Å². The summed E-state index contributed by atoms with van der Waals surface area (Å²) in [7, 11) is 0. The summed E-state index contributed by atoms with van der Waals surface area (Å²) in [6.45, 7) is 1.95. The number of amidine groups is 1. The van der Waals surface area contributed by atoms with Gasteiger partial charge in [0.2, 0.25) is 0 Å². The van der Waals surface area contributed by atoms with E-state index >= 15 is 0 Å². The molecule has 1 unspecified atom stereocenters. The number of aromatic amines is 1. The largest absolute Gasteiger partial charge is 0.317 e. The highest BCUT2D eigenvalue weighted by Gasteiger charge is 2.30. The highest BCUT2D eigenvalue weighted by molar-refractivity contribution is 6.09. The van der Waals surface area contributed by atoms with Crippen molar-refractivity contribution in [2.24, 2.45) is 10.9 Å². The van der Waals surface area contributed by atoms with E-state index in [2.05, 4.69) is 26.0 Å². The van der Waals surface area contributed by atoms with Crippen LogP contribution in [0, 0.1) is 11.7 Å². The standard InChI is InChI=1S/C14H16FN5O/c15-10-1-2-11-9(7-17-19-11)12(10)13-18-14(21-20-13)8-3-5-16-6-4-8/h1-2,7-8,14,16H,3-6H2,(H,17,19)(H,18,20). The number of benzene rings is 1. The minimum Gasteiger partial charge on any atom is -0.317 e. The molecule has 1 aromatic carbocycles. The molecule has 0 spiro atoms. The second kappa shape index (κ2) is 5.09. The smallest absolute Gasteiger partial charge is 0.180 e. The summed E-state index contributed by atoms with van der Waals surface area (Å²) in [5, 5.41) is 10.8. The van der Waals surface area contributed by atoms with Gasteiger partial charge in [0.25, 0.3) is 0 Å². The van der Waals surface area contributed by atoms with Gasteiger partial charge < -0.3 is 5.32 Å². The molecule has 1 fully saturated rings. The fraction of sp³-hybridized carbons (Fsp3) is 0.429. The van der Waals surface area contributed by atoms with Gasteiger partial charge in [-0.2, -0.15) is 5.10 Å². The van der Waals surface area contributed by atoms with Gasteiger partial charge in [-0.05, 0) is 38.1 Å². The average molecular weight is 289 g/mol. The number of H-pyrrole nitrogens is 1. The molecule has 1 atom stereocenters. The fourth-order valence-electron chi connectivity index (χ4n) is 2.97. The minimum atomic E-state index is -0.329. The fourth-order valence-corrected chi connectivity index (χ4v) is 2.97. The maximum atomic E-state index is 14.2. The molecule has 3 N–H and O–H groups in total. The van der Waals surface area contributed by atoms with Gasteiger partial charge in [-0.15, -0.1) is 0 Å². The first-order valence-corrected chi connectivity index (χ1v) is 7.15. The van der Waals surface area contributed by atoms with Crippen LogP contribution in [0.2, 0.25) is 0 Å². The molecule has 0 radical (unpaired) electrons. The van der Waals surface area contributed by atoms with Gasteiger partial charge in [-0.25, -0.2) is 19.7 Å². The van der Waals surface area contributed by atoms with Gasteiger partial charge in [0.05, 0.1) is 17.3 Å². The Morgan fingerprint density at radius 2 is 2.10 bits per heavy atom. The van der Waals surface area contributed by atoms with Crippen LogP contribution in [0.15, 0.2) is 23.3 Å². The molecule has 1 aromatic heterocycles. The van der Waals surface area contributed by atoms with Gasteiger partial charge >= 0.3 is 0 Å². The Bertz CT molecular complexity index is 692. The second-order valence-corrected chi connectivity index (χ2v) is 5.43. The molecule has 0 aliphatic carbocycles. The van der Waals surface area contributed by atoms with Crippen molar-refractivity contribution in [3.05, 3.63) is 29.7 Å². The first-order valence-electron chi connectivity index (χ1n) is 7.15. The molecule has 1 saturated heterocycles. The number of hydrogen-bond donors (Lipinski definition) is 3. The zero-order valence-electron chi connectivity index (χ0n) is 11.4. The van der Waals surface area contributed by atoms with E-state index in [4.69, 9.17) is 4.84 Å². The third kappa shape index (κ3) is 2.18. The second-order valence-electron chi connectivity index (χ2n) is 5.43. The highest BCUT2D eigenvalue weighted by atomic mass is 19.1. The van der Waals surface area contributed by atoms with Crippen LogP contribution in [-0.4, -0.2) is 35.4 Å². The lowest BCUT2D eigenvalue weighted by Gasteiger charge is -2.24. The third-order valence-electron chi connectivity index (χ3n) is 4.13. The Balaban J connectivity index is 1.69. The van der Waals surface area contributed by atoms with Crippen molar-refractivity contribution < 1.29 is 9.23 Å². The van der Waals surface area contributed by atoms with E-state index in [1.165, 1.54) is 6.07 Å². The predicted molar refractivity (Wildman–Crippen MR) is 76.2 cm³/mol. The third-order valence-corrected chi connectivity index (χ3v) is 4.13. The molecule has 0 amide bonds. The number of fused-ring (bicyclic) bond motifs is 1. The normalized spacial score (nSPS) is 23.3. The van der Waals surface area contributed by atoms with Gasteiger partial charge in [0.1, 0.15) is 5.82 Å². The molecular weight excluding hydrogens is 273 g/mol. The van der Waals surface area contributed by atoms with Crippen molar-refractivity contribution >= 4 is 16.7 Å². The lowest BCUT2D eigenvalue weighted by Crippen LogP contribution is -2.34. The number of nitrogens with one attached hydrogen (secondary N) is 3. The van der Waals surface area contributed by atoms with Gasteiger partial charge in [0, 0.05) is 11.3 Å². The van der Waals surface area contributed by atoms with Crippen LogP contribution < -0.4 is 10.8 Å². The van der Waals surface area contributed by atoms with Crippen LogP contribution in [-0.2, 0) is 4.84 Å². The van der Waals surface area contributed by atoms with Crippen molar-refractivity contribution in [2.45, 2.75) is 19.1 Å². The lowest BCUT2D eigenvalue weighted by molar-refractivity contribution is -0.00715. The maximum absolute atomic E-state index is 14.2. The monoisotopic (exact) mass is 289 g/mol. The summed E-state index contributed by atoms with van der Waals surface area (Å²) in [5.41, 5.74) is 3.98. The van der Waals surface area contributed by atoms with E-state index in [0.29, 0.717) is 22.7 Å². The van der Waals surface area contributed by atoms with Gasteiger partial charge in [-0.1, -0.05) is 0 Å². The number of nitrogens with zero attached hydrogens (tertiary/aromatic N) is 2. The van der Waals surface area contributed by atoms with Crippen molar-refractivity contribution in [3.8, 4) is 0 Å². The van der Waals surface area contributed by atoms with Crippen LogP contribution in [0.1, 0.15) is 18.4 Å². The molecule has 3 heterocycles. The minimum absolute atomic E-state index is 0.247. The van der Waals surface area contributed by atoms with E-state index in [9.17, 15) is 4.39 Å². The van der Waals surface area contributed by atoms with Crippen LogP contribution in [0.3, 0.4) is 0 Å². The van der Waals surface area contributed by atoms with Crippen molar-refractivity contribution in [1.82, 2.24) is 21.0 Å². The summed E-state index contributed by atoms with van der Waals surface area (Å²) in [6, 6.07) is 3.08.